The van der Waals surface area contributed by atoms with E-state index in [1.807, 2.05) is 6.92 Å². The molecule has 23 heavy (non-hydrogen) atoms. The van der Waals surface area contributed by atoms with Gasteiger partial charge in [-0.2, -0.15) is 0 Å². The Bertz CT molecular complexity index is 503. The predicted octanol–water partition coefficient (Wildman–Crippen LogP) is 3.11. The van der Waals surface area contributed by atoms with Crippen molar-refractivity contribution in [3.8, 4) is 0 Å². The Morgan fingerprint density at radius 1 is 0.957 bits per heavy atom. The summed E-state index contributed by atoms with van der Waals surface area (Å²) in [6, 6.07) is 0. The van der Waals surface area contributed by atoms with Crippen LogP contribution in [0.25, 0.3) is 0 Å². The van der Waals surface area contributed by atoms with E-state index in [-0.39, 0.29) is 29.0 Å². The fraction of sp³-hybridized carbons (Fsp3) is 1.00. The zero-order chi connectivity index (χ0) is 16.7. The third-order valence-corrected chi connectivity index (χ3v) is 9.19. The Morgan fingerprint density at radius 2 is 1.70 bits per heavy atom. The average Bonchev–Trinajstić information content (AvgIpc) is 2.81. The summed E-state index contributed by atoms with van der Waals surface area (Å²) < 4.78 is 0. The highest BCUT2D eigenvalue weighted by molar-refractivity contribution is 5.18. The SMILES string of the molecule is C[C@@]1(CO)C[C@H](O)C[C@@]2(C)[C@H]1CC[C@H]1C[C@H]3C[C@]12CC[C@]3(C)O. The maximum atomic E-state index is 10.8. The van der Waals surface area contributed by atoms with Crippen molar-refractivity contribution in [2.75, 3.05) is 6.61 Å². The summed E-state index contributed by atoms with van der Waals surface area (Å²) in [5.74, 6) is 1.63. The minimum Gasteiger partial charge on any atom is -0.396 e. The second-order valence-corrected chi connectivity index (χ2v) is 10.3. The normalized spacial score (nSPS) is 61.8. The van der Waals surface area contributed by atoms with Crippen LogP contribution in [0.5, 0.6) is 0 Å². The summed E-state index contributed by atoms with van der Waals surface area (Å²) in [5, 5.41) is 31.5. The van der Waals surface area contributed by atoms with Crippen molar-refractivity contribution < 1.29 is 15.3 Å². The molecule has 0 aromatic carbocycles. The molecule has 0 heterocycles. The van der Waals surface area contributed by atoms with E-state index in [4.69, 9.17) is 0 Å². The lowest BCUT2D eigenvalue weighted by Gasteiger charge is -2.66. The predicted molar refractivity (Wildman–Crippen MR) is 89.8 cm³/mol. The number of fused-ring (bicyclic) bond motifs is 2. The van der Waals surface area contributed by atoms with E-state index < -0.39 is 5.60 Å². The molecular weight excluding hydrogens is 288 g/mol. The highest BCUT2D eigenvalue weighted by atomic mass is 16.3. The molecule has 0 aliphatic heterocycles. The first kappa shape index (κ1) is 16.4. The Labute approximate surface area is 140 Å². The molecule has 4 saturated carbocycles. The Morgan fingerprint density at radius 3 is 2.39 bits per heavy atom. The fourth-order valence-corrected chi connectivity index (χ4v) is 8.01. The van der Waals surface area contributed by atoms with Crippen LogP contribution in [0.15, 0.2) is 0 Å². The lowest BCUT2D eigenvalue weighted by atomic mass is 9.39. The summed E-state index contributed by atoms with van der Waals surface area (Å²) in [7, 11) is 0. The second-order valence-electron chi connectivity index (χ2n) is 10.3. The first-order valence-corrected chi connectivity index (χ1v) is 9.68. The smallest absolute Gasteiger partial charge is 0.0648 e. The highest BCUT2D eigenvalue weighted by Gasteiger charge is 2.69. The molecule has 3 nitrogen and oxygen atoms in total. The minimum absolute atomic E-state index is 0.107. The van der Waals surface area contributed by atoms with Gasteiger partial charge in [-0.1, -0.05) is 13.8 Å². The van der Waals surface area contributed by atoms with Crippen molar-refractivity contribution in [3.63, 3.8) is 0 Å². The maximum Gasteiger partial charge on any atom is 0.0648 e. The van der Waals surface area contributed by atoms with Crippen LogP contribution in [0, 0.1) is 34.0 Å². The highest BCUT2D eigenvalue weighted by Crippen LogP contribution is 2.75. The third kappa shape index (κ3) is 1.93. The number of aliphatic hydroxyl groups excluding tert-OH is 2. The molecule has 0 radical (unpaired) electrons. The van der Waals surface area contributed by atoms with Gasteiger partial charge in [0.05, 0.1) is 11.7 Å². The van der Waals surface area contributed by atoms with Crippen molar-refractivity contribution in [3.05, 3.63) is 0 Å². The lowest BCUT2D eigenvalue weighted by Crippen LogP contribution is -2.61. The number of hydrogen-bond acceptors (Lipinski definition) is 3. The van der Waals surface area contributed by atoms with Crippen LogP contribution in [0.3, 0.4) is 0 Å². The standard InChI is InChI=1S/C20H34O3/c1-17(12-21)10-15(22)11-18(2)16(17)5-4-13-8-14-9-20(13,18)7-6-19(14,3)23/h13-16,21-23H,4-12H2,1-3H3/t13-,14-,15-,16-,17-,18-,19-,20+/m0/s1. The van der Waals surface area contributed by atoms with Crippen LogP contribution in [0.1, 0.15) is 72.1 Å². The van der Waals surface area contributed by atoms with Gasteiger partial charge in [-0.15, -0.1) is 0 Å². The van der Waals surface area contributed by atoms with E-state index in [1.165, 1.54) is 19.3 Å². The van der Waals surface area contributed by atoms with Gasteiger partial charge in [-0.25, -0.2) is 0 Å². The van der Waals surface area contributed by atoms with Crippen LogP contribution in [-0.2, 0) is 0 Å². The summed E-state index contributed by atoms with van der Waals surface area (Å²) >= 11 is 0. The molecular formula is C20H34O3. The topological polar surface area (TPSA) is 60.7 Å². The van der Waals surface area contributed by atoms with Gasteiger partial charge in [0.25, 0.3) is 0 Å². The van der Waals surface area contributed by atoms with Gasteiger partial charge in [0.1, 0.15) is 0 Å². The summed E-state index contributed by atoms with van der Waals surface area (Å²) in [6.07, 6.45) is 8.07. The third-order valence-electron chi connectivity index (χ3n) is 9.19. The van der Waals surface area contributed by atoms with Crippen molar-refractivity contribution in [2.45, 2.75) is 83.8 Å². The molecule has 4 aliphatic rings. The quantitative estimate of drug-likeness (QED) is 0.695. The Kier molecular flexibility index (Phi) is 3.37. The maximum absolute atomic E-state index is 10.8. The Hall–Kier alpha value is -0.120. The monoisotopic (exact) mass is 322 g/mol. The number of hydrogen-bond donors (Lipinski definition) is 3. The molecule has 4 aliphatic carbocycles. The molecule has 0 unspecified atom stereocenters. The summed E-state index contributed by atoms with van der Waals surface area (Å²) in [6.45, 7) is 6.84. The largest absolute Gasteiger partial charge is 0.396 e. The van der Waals surface area contributed by atoms with Gasteiger partial charge in [0.15, 0.2) is 0 Å². The molecule has 4 fully saturated rings. The van der Waals surface area contributed by atoms with Gasteiger partial charge in [-0.3, -0.25) is 0 Å². The molecule has 3 N–H and O–H groups in total. The van der Waals surface area contributed by atoms with Gasteiger partial charge < -0.3 is 15.3 Å². The molecule has 0 saturated heterocycles. The van der Waals surface area contributed by atoms with Crippen molar-refractivity contribution >= 4 is 0 Å². The van der Waals surface area contributed by atoms with Gasteiger partial charge in [-0.05, 0) is 92.3 Å². The van der Waals surface area contributed by atoms with Gasteiger partial charge in [0, 0.05) is 6.61 Å². The van der Waals surface area contributed by atoms with E-state index in [1.54, 1.807) is 0 Å². The molecule has 4 rings (SSSR count). The van der Waals surface area contributed by atoms with E-state index in [9.17, 15) is 15.3 Å². The molecule has 1 spiro atoms. The number of rotatable bonds is 1. The van der Waals surface area contributed by atoms with E-state index >= 15 is 0 Å². The van der Waals surface area contributed by atoms with Crippen LogP contribution in [-0.4, -0.2) is 33.6 Å². The minimum atomic E-state index is -0.498. The van der Waals surface area contributed by atoms with E-state index in [0.717, 1.165) is 32.1 Å². The first-order valence-electron chi connectivity index (χ1n) is 9.68. The van der Waals surface area contributed by atoms with Crippen LogP contribution in [0.2, 0.25) is 0 Å². The van der Waals surface area contributed by atoms with E-state index in [2.05, 4.69) is 13.8 Å². The zero-order valence-electron chi connectivity index (χ0n) is 15.0. The Balaban J connectivity index is 1.78. The molecule has 132 valence electrons. The zero-order valence-corrected chi connectivity index (χ0v) is 15.0. The van der Waals surface area contributed by atoms with Crippen LogP contribution in [0.4, 0.5) is 0 Å². The van der Waals surface area contributed by atoms with Gasteiger partial charge >= 0.3 is 0 Å². The first-order chi connectivity index (χ1) is 10.7. The van der Waals surface area contributed by atoms with E-state index in [0.29, 0.717) is 17.8 Å². The molecule has 8 atom stereocenters. The number of aliphatic hydroxyl groups is 3. The van der Waals surface area contributed by atoms with Gasteiger partial charge in [0.2, 0.25) is 0 Å². The summed E-state index contributed by atoms with van der Waals surface area (Å²) in [5.41, 5.74) is -0.261. The second kappa shape index (κ2) is 4.74. The van der Waals surface area contributed by atoms with Crippen LogP contribution < -0.4 is 0 Å². The molecule has 2 bridgehead atoms. The molecule has 0 aromatic heterocycles. The molecule has 0 amide bonds. The van der Waals surface area contributed by atoms with Crippen molar-refractivity contribution in [2.24, 2.45) is 34.0 Å². The average molecular weight is 322 g/mol. The fourth-order valence-electron chi connectivity index (χ4n) is 8.01. The summed E-state index contributed by atoms with van der Waals surface area (Å²) in [4.78, 5) is 0. The van der Waals surface area contributed by atoms with Crippen molar-refractivity contribution in [1.82, 2.24) is 0 Å². The molecule has 3 heteroatoms. The van der Waals surface area contributed by atoms with Crippen molar-refractivity contribution in [1.29, 1.82) is 0 Å². The van der Waals surface area contributed by atoms with Crippen LogP contribution >= 0.6 is 0 Å². The molecule has 0 aromatic rings. The lowest BCUT2D eigenvalue weighted by molar-refractivity contribution is -0.204.